The fourth-order valence-corrected chi connectivity index (χ4v) is 0.698. The molecule has 0 saturated carbocycles. The average Bonchev–Trinajstić information content (AvgIpc) is 2.16. The van der Waals surface area contributed by atoms with Crippen LogP contribution < -0.4 is 0 Å². The van der Waals surface area contributed by atoms with Gasteiger partial charge in [0.1, 0.15) is 6.10 Å². The van der Waals surface area contributed by atoms with Gasteiger partial charge in [0, 0.05) is 0 Å². The highest BCUT2D eigenvalue weighted by atomic mass is 16.6. The van der Waals surface area contributed by atoms with Crippen LogP contribution in [0.1, 0.15) is 34.1 Å². The van der Waals surface area contributed by atoms with Crippen LogP contribution in [-0.4, -0.2) is 35.4 Å². The molecule has 0 saturated heterocycles. The molecule has 0 radical (unpaired) electrons. The highest BCUT2D eigenvalue weighted by Crippen LogP contribution is 2.03. The molecular weight excluding hydrogens is 200 g/mol. The first-order chi connectivity index (χ1) is 6.88. The summed E-state index contributed by atoms with van der Waals surface area (Å²) in [6.07, 6.45) is -1.72. The molecule has 0 fully saturated rings. The van der Waals surface area contributed by atoms with Crippen molar-refractivity contribution in [3.05, 3.63) is 0 Å². The molecule has 3 unspecified atom stereocenters. The number of carbonyl (C=O) groups is 2. The lowest BCUT2D eigenvalue weighted by Gasteiger charge is -2.16. The van der Waals surface area contributed by atoms with Crippen molar-refractivity contribution in [3.8, 4) is 0 Å². The fraction of sp³-hybridized carbons (Fsp3) is 0.800. The van der Waals surface area contributed by atoms with Crippen molar-refractivity contribution in [3.63, 3.8) is 0 Å². The largest absolute Gasteiger partial charge is 0.460 e. The number of esters is 2. The van der Waals surface area contributed by atoms with E-state index >= 15 is 0 Å². The quantitative estimate of drug-likeness (QED) is 0.685. The van der Waals surface area contributed by atoms with Gasteiger partial charge < -0.3 is 14.6 Å². The zero-order chi connectivity index (χ0) is 12.0. The molecule has 0 spiro atoms. The molecule has 88 valence electrons. The number of hydrogen-bond acceptors (Lipinski definition) is 5. The van der Waals surface area contributed by atoms with Gasteiger partial charge in [-0.1, -0.05) is 6.92 Å². The summed E-state index contributed by atoms with van der Waals surface area (Å²) in [6.45, 7) is 6.31. The normalized spacial score (nSPS) is 16.3. The van der Waals surface area contributed by atoms with Crippen LogP contribution in [0.15, 0.2) is 0 Å². The maximum atomic E-state index is 11.3. The van der Waals surface area contributed by atoms with Crippen LogP contribution in [0.2, 0.25) is 0 Å². The zero-order valence-electron chi connectivity index (χ0n) is 9.52. The van der Waals surface area contributed by atoms with Gasteiger partial charge in [-0.15, -0.1) is 0 Å². The van der Waals surface area contributed by atoms with Crippen LogP contribution >= 0.6 is 0 Å². The molecular formula is C10H18O5. The number of rotatable bonds is 5. The fourth-order valence-electron chi connectivity index (χ4n) is 0.698. The second-order valence-corrected chi connectivity index (χ2v) is 3.41. The third kappa shape index (κ3) is 5.37. The molecule has 0 aromatic carbocycles. The van der Waals surface area contributed by atoms with Crippen molar-refractivity contribution >= 4 is 11.9 Å². The van der Waals surface area contributed by atoms with Crippen LogP contribution in [0.25, 0.3) is 0 Å². The molecule has 0 amide bonds. The van der Waals surface area contributed by atoms with Gasteiger partial charge in [-0.05, 0) is 27.2 Å². The summed E-state index contributed by atoms with van der Waals surface area (Å²) in [7, 11) is 0. The van der Waals surface area contributed by atoms with Gasteiger partial charge in [-0.25, -0.2) is 9.59 Å². The molecule has 0 heterocycles. The summed E-state index contributed by atoms with van der Waals surface area (Å²) in [5.41, 5.74) is 0. The Bertz CT molecular complexity index is 224. The van der Waals surface area contributed by atoms with Crippen LogP contribution in [0, 0.1) is 0 Å². The molecule has 5 heteroatoms. The smallest absolute Gasteiger partial charge is 0.347 e. The predicted octanol–water partition coefficient (Wildman–Crippen LogP) is 0.641. The van der Waals surface area contributed by atoms with Crippen molar-refractivity contribution < 1.29 is 24.2 Å². The van der Waals surface area contributed by atoms with Crippen molar-refractivity contribution in [1.29, 1.82) is 0 Å². The zero-order valence-corrected chi connectivity index (χ0v) is 9.52. The van der Waals surface area contributed by atoms with Crippen molar-refractivity contribution in [2.24, 2.45) is 0 Å². The number of aliphatic hydroxyl groups is 1. The van der Waals surface area contributed by atoms with Gasteiger partial charge in [0.2, 0.25) is 0 Å². The Kier molecular flexibility index (Phi) is 5.93. The first kappa shape index (κ1) is 13.9. The van der Waals surface area contributed by atoms with E-state index in [1.807, 2.05) is 6.92 Å². The number of ether oxygens (including phenoxy) is 2. The van der Waals surface area contributed by atoms with Crippen molar-refractivity contribution in [2.75, 3.05) is 0 Å². The monoisotopic (exact) mass is 218 g/mol. The third-order valence-electron chi connectivity index (χ3n) is 1.86. The average molecular weight is 218 g/mol. The Balaban J connectivity index is 4.04. The summed E-state index contributed by atoms with van der Waals surface area (Å²) >= 11 is 0. The van der Waals surface area contributed by atoms with Crippen molar-refractivity contribution in [2.45, 2.75) is 52.4 Å². The summed E-state index contributed by atoms with van der Waals surface area (Å²) in [5, 5.41) is 8.85. The van der Waals surface area contributed by atoms with Gasteiger partial charge in [-0.2, -0.15) is 0 Å². The predicted molar refractivity (Wildman–Crippen MR) is 53.1 cm³/mol. The van der Waals surface area contributed by atoms with Crippen LogP contribution in [0.4, 0.5) is 0 Å². The molecule has 3 atom stereocenters. The van der Waals surface area contributed by atoms with E-state index in [1.54, 1.807) is 6.92 Å². The molecule has 0 aromatic heterocycles. The van der Waals surface area contributed by atoms with E-state index in [2.05, 4.69) is 4.74 Å². The molecule has 1 N–H and O–H groups in total. The molecule has 0 rings (SSSR count). The van der Waals surface area contributed by atoms with E-state index in [0.717, 1.165) is 0 Å². The van der Waals surface area contributed by atoms with E-state index < -0.39 is 24.1 Å². The van der Waals surface area contributed by atoms with E-state index in [0.29, 0.717) is 6.42 Å². The first-order valence-electron chi connectivity index (χ1n) is 4.97. The lowest BCUT2D eigenvalue weighted by atomic mass is 10.3. The Labute approximate surface area is 89.4 Å². The minimum absolute atomic E-state index is 0.204. The van der Waals surface area contributed by atoms with Gasteiger partial charge in [-0.3, -0.25) is 0 Å². The standard InChI is InChI=1S/C10H18O5/c1-5-6(2)14-10(13)8(4)15-9(12)7(3)11/h6-8,11H,5H2,1-4H3. The van der Waals surface area contributed by atoms with Crippen molar-refractivity contribution in [1.82, 2.24) is 0 Å². The van der Waals surface area contributed by atoms with Gasteiger partial charge in [0.05, 0.1) is 6.10 Å². The summed E-state index contributed by atoms with van der Waals surface area (Å²) in [4.78, 5) is 22.2. The minimum atomic E-state index is -1.23. The van der Waals surface area contributed by atoms with Crippen LogP contribution in [0.5, 0.6) is 0 Å². The summed E-state index contributed by atoms with van der Waals surface area (Å²) < 4.78 is 9.60. The number of carbonyl (C=O) groups excluding carboxylic acids is 2. The highest BCUT2D eigenvalue weighted by molar-refractivity contribution is 5.80. The molecule has 15 heavy (non-hydrogen) atoms. The Morgan fingerprint density at radius 2 is 1.67 bits per heavy atom. The Morgan fingerprint density at radius 3 is 2.07 bits per heavy atom. The highest BCUT2D eigenvalue weighted by Gasteiger charge is 2.22. The van der Waals surface area contributed by atoms with Crippen LogP contribution in [-0.2, 0) is 19.1 Å². The molecule has 0 aliphatic carbocycles. The van der Waals surface area contributed by atoms with E-state index in [-0.39, 0.29) is 6.10 Å². The molecule has 5 nitrogen and oxygen atoms in total. The lowest BCUT2D eigenvalue weighted by molar-refractivity contribution is -0.173. The third-order valence-corrected chi connectivity index (χ3v) is 1.86. The first-order valence-corrected chi connectivity index (χ1v) is 4.97. The SMILES string of the molecule is CCC(C)OC(=O)C(C)OC(=O)C(C)O. The number of hydrogen-bond donors (Lipinski definition) is 1. The Morgan fingerprint density at radius 1 is 1.13 bits per heavy atom. The molecule has 0 aromatic rings. The lowest BCUT2D eigenvalue weighted by Crippen LogP contribution is -2.32. The minimum Gasteiger partial charge on any atom is -0.460 e. The maximum absolute atomic E-state index is 11.3. The Hall–Kier alpha value is -1.10. The second-order valence-electron chi connectivity index (χ2n) is 3.41. The molecule has 0 bridgehead atoms. The molecule has 0 aliphatic heterocycles. The second kappa shape index (κ2) is 6.40. The van der Waals surface area contributed by atoms with Gasteiger partial charge in [0.25, 0.3) is 0 Å². The topological polar surface area (TPSA) is 72.8 Å². The van der Waals surface area contributed by atoms with Crippen LogP contribution in [0.3, 0.4) is 0 Å². The van der Waals surface area contributed by atoms with E-state index in [9.17, 15) is 9.59 Å². The van der Waals surface area contributed by atoms with E-state index in [4.69, 9.17) is 9.84 Å². The maximum Gasteiger partial charge on any atom is 0.347 e. The van der Waals surface area contributed by atoms with Gasteiger partial charge in [0.15, 0.2) is 6.10 Å². The van der Waals surface area contributed by atoms with Gasteiger partial charge >= 0.3 is 11.9 Å². The summed E-state index contributed by atoms with van der Waals surface area (Å²) in [6, 6.07) is 0. The van der Waals surface area contributed by atoms with E-state index in [1.165, 1.54) is 13.8 Å². The number of aliphatic hydroxyl groups excluding tert-OH is 1. The molecule has 0 aliphatic rings. The summed E-state index contributed by atoms with van der Waals surface area (Å²) in [5.74, 6) is -1.43.